The second kappa shape index (κ2) is 6.64. The molecule has 0 bridgehead atoms. The summed E-state index contributed by atoms with van der Waals surface area (Å²) in [6.07, 6.45) is 1.45. The van der Waals surface area contributed by atoms with Gasteiger partial charge in [0.2, 0.25) is 5.95 Å². The van der Waals surface area contributed by atoms with E-state index in [0.29, 0.717) is 28.7 Å². The Morgan fingerprint density at radius 1 is 1.22 bits per heavy atom. The van der Waals surface area contributed by atoms with Crippen molar-refractivity contribution < 1.29 is 13.9 Å². The number of carbonyl (C=O) groups is 1. The first-order valence-corrected chi connectivity index (χ1v) is 8.46. The molecule has 1 atom stereocenters. The number of hydrogen-bond donors (Lipinski definition) is 2. The lowest BCUT2D eigenvalue weighted by molar-refractivity contribution is -0.113. The summed E-state index contributed by atoms with van der Waals surface area (Å²) in [5.41, 5.74) is 1.87. The molecule has 3 heterocycles. The van der Waals surface area contributed by atoms with Gasteiger partial charge in [-0.2, -0.15) is 10.1 Å². The van der Waals surface area contributed by atoms with Crippen molar-refractivity contribution in [2.45, 2.75) is 19.9 Å². The summed E-state index contributed by atoms with van der Waals surface area (Å²) in [5, 5.41) is 10.3. The molecule has 2 aromatic heterocycles. The molecule has 0 spiro atoms. The van der Waals surface area contributed by atoms with Gasteiger partial charge in [-0.3, -0.25) is 4.79 Å². The van der Waals surface area contributed by atoms with Gasteiger partial charge in [-0.15, -0.1) is 0 Å². The number of nitrogens with zero attached hydrogens (tertiary/aromatic N) is 3. The predicted octanol–water partition coefficient (Wildman–Crippen LogP) is 3.12. The van der Waals surface area contributed by atoms with E-state index in [1.165, 1.54) is 6.33 Å². The molecule has 138 valence electrons. The first-order valence-electron chi connectivity index (χ1n) is 8.46. The molecule has 1 aromatic carbocycles. The van der Waals surface area contributed by atoms with Crippen LogP contribution in [0.2, 0.25) is 0 Å². The van der Waals surface area contributed by atoms with Crippen LogP contribution >= 0.6 is 0 Å². The van der Waals surface area contributed by atoms with Gasteiger partial charge in [0, 0.05) is 11.4 Å². The molecule has 1 aliphatic rings. The van der Waals surface area contributed by atoms with E-state index >= 15 is 0 Å². The van der Waals surface area contributed by atoms with Crippen LogP contribution in [0.4, 0.5) is 11.6 Å². The zero-order chi connectivity index (χ0) is 19.0. The summed E-state index contributed by atoms with van der Waals surface area (Å²) in [4.78, 5) is 17.3. The van der Waals surface area contributed by atoms with Gasteiger partial charge in [0.1, 0.15) is 29.6 Å². The lowest BCUT2D eigenvalue weighted by Gasteiger charge is -2.27. The van der Waals surface area contributed by atoms with Crippen LogP contribution in [0.3, 0.4) is 0 Å². The summed E-state index contributed by atoms with van der Waals surface area (Å²) in [6, 6.07) is 10.4. The van der Waals surface area contributed by atoms with Crippen molar-refractivity contribution in [1.29, 1.82) is 0 Å². The molecular formula is C19H19N5O3. The van der Waals surface area contributed by atoms with Crippen LogP contribution in [0, 0.1) is 6.92 Å². The van der Waals surface area contributed by atoms with Gasteiger partial charge in [-0.25, -0.2) is 4.68 Å². The highest BCUT2D eigenvalue weighted by Crippen LogP contribution is 2.35. The number of fused-ring (bicyclic) bond motifs is 1. The molecular weight excluding hydrogens is 346 g/mol. The topological polar surface area (TPSA) is 94.2 Å². The molecule has 2 N–H and O–H groups in total. The SMILES string of the molecule is COc1ccc(NC(=O)C2=C(C)Nc3ncnn3[C@H]2c2ccc(C)o2)cc1. The number of methoxy groups -OCH3 is 1. The molecule has 4 rings (SSSR count). The minimum atomic E-state index is -0.504. The number of rotatable bonds is 4. The highest BCUT2D eigenvalue weighted by atomic mass is 16.5. The number of anilines is 2. The number of aromatic nitrogens is 3. The first kappa shape index (κ1) is 16.9. The fourth-order valence-electron chi connectivity index (χ4n) is 3.12. The summed E-state index contributed by atoms with van der Waals surface area (Å²) < 4.78 is 12.6. The number of amides is 1. The van der Waals surface area contributed by atoms with E-state index in [0.717, 1.165) is 11.5 Å². The monoisotopic (exact) mass is 365 g/mol. The van der Waals surface area contributed by atoms with E-state index in [1.54, 1.807) is 36.1 Å². The van der Waals surface area contributed by atoms with Crippen molar-refractivity contribution in [3.63, 3.8) is 0 Å². The molecule has 0 unspecified atom stereocenters. The number of allylic oxidation sites excluding steroid dienone is 1. The van der Waals surface area contributed by atoms with Crippen LogP contribution in [0.15, 0.2) is 58.4 Å². The third-order valence-electron chi connectivity index (χ3n) is 4.42. The highest BCUT2D eigenvalue weighted by Gasteiger charge is 2.35. The molecule has 8 nitrogen and oxygen atoms in total. The average Bonchev–Trinajstić information content (AvgIpc) is 3.29. The lowest BCUT2D eigenvalue weighted by atomic mass is 10.00. The van der Waals surface area contributed by atoms with Crippen LogP contribution in [0.25, 0.3) is 0 Å². The maximum absolute atomic E-state index is 13.1. The van der Waals surface area contributed by atoms with E-state index in [1.807, 2.05) is 26.0 Å². The van der Waals surface area contributed by atoms with Crippen molar-refractivity contribution in [2.24, 2.45) is 0 Å². The molecule has 8 heteroatoms. The van der Waals surface area contributed by atoms with Gasteiger partial charge in [-0.1, -0.05) is 0 Å². The first-order chi connectivity index (χ1) is 13.1. The second-order valence-corrected chi connectivity index (χ2v) is 6.23. The Bertz CT molecular complexity index is 1020. The van der Waals surface area contributed by atoms with Gasteiger partial charge in [0.25, 0.3) is 5.91 Å². The summed E-state index contributed by atoms with van der Waals surface area (Å²) in [7, 11) is 1.60. The Labute approximate surface area is 155 Å². The van der Waals surface area contributed by atoms with Gasteiger partial charge >= 0.3 is 0 Å². The van der Waals surface area contributed by atoms with Gasteiger partial charge < -0.3 is 19.8 Å². The van der Waals surface area contributed by atoms with Crippen molar-refractivity contribution in [3.05, 3.63) is 65.5 Å². The van der Waals surface area contributed by atoms with Crippen LogP contribution in [0.5, 0.6) is 5.75 Å². The number of hydrogen-bond acceptors (Lipinski definition) is 6. The molecule has 1 aliphatic heterocycles. The molecule has 27 heavy (non-hydrogen) atoms. The van der Waals surface area contributed by atoms with Crippen molar-refractivity contribution >= 4 is 17.5 Å². The molecule has 0 aliphatic carbocycles. The zero-order valence-electron chi connectivity index (χ0n) is 15.2. The molecule has 0 saturated carbocycles. The quantitative estimate of drug-likeness (QED) is 0.738. The second-order valence-electron chi connectivity index (χ2n) is 6.23. The number of benzene rings is 1. The highest BCUT2D eigenvalue weighted by molar-refractivity contribution is 6.05. The maximum Gasteiger partial charge on any atom is 0.256 e. The van der Waals surface area contributed by atoms with Crippen LogP contribution in [0.1, 0.15) is 24.5 Å². The minimum Gasteiger partial charge on any atom is -0.497 e. The number of ether oxygens (including phenoxy) is 1. The number of carbonyl (C=O) groups excluding carboxylic acids is 1. The van der Waals surface area contributed by atoms with E-state index in [9.17, 15) is 4.79 Å². The summed E-state index contributed by atoms with van der Waals surface area (Å²) in [6.45, 7) is 3.70. The lowest BCUT2D eigenvalue weighted by Crippen LogP contribution is -2.31. The molecule has 1 amide bonds. The Hall–Kier alpha value is -3.55. The van der Waals surface area contributed by atoms with Gasteiger partial charge in [0.15, 0.2) is 0 Å². The van der Waals surface area contributed by atoms with E-state index in [4.69, 9.17) is 9.15 Å². The Morgan fingerprint density at radius 3 is 2.67 bits per heavy atom. The predicted molar refractivity (Wildman–Crippen MR) is 99.6 cm³/mol. The largest absolute Gasteiger partial charge is 0.497 e. The van der Waals surface area contributed by atoms with Crippen molar-refractivity contribution in [2.75, 3.05) is 17.7 Å². The van der Waals surface area contributed by atoms with Crippen LogP contribution in [-0.2, 0) is 4.79 Å². The van der Waals surface area contributed by atoms with Crippen LogP contribution < -0.4 is 15.4 Å². The van der Waals surface area contributed by atoms with E-state index < -0.39 is 6.04 Å². The number of nitrogens with one attached hydrogen (secondary N) is 2. The van der Waals surface area contributed by atoms with Gasteiger partial charge in [-0.05, 0) is 50.2 Å². The van der Waals surface area contributed by atoms with E-state index in [2.05, 4.69) is 20.7 Å². The zero-order valence-corrected chi connectivity index (χ0v) is 15.2. The summed E-state index contributed by atoms with van der Waals surface area (Å²) >= 11 is 0. The standard InChI is InChI=1S/C19H19N5O3/c1-11-4-9-15(27-11)17-16(12(2)22-19-20-10-21-24(17)19)18(25)23-13-5-7-14(26-3)8-6-13/h4-10,17H,1-3H3,(H,23,25)(H,20,21,22)/t17-/m0/s1. The summed E-state index contributed by atoms with van der Waals surface area (Å²) in [5.74, 6) is 2.43. The van der Waals surface area contributed by atoms with E-state index in [-0.39, 0.29) is 5.91 Å². The molecule has 0 saturated heterocycles. The Balaban J connectivity index is 1.70. The van der Waals surface area contributed by atoms with Gasteiger partial charge in [0.05, 0.1) is 12.7 Å². The Morgan fingerprint density at radius 2 is 2.00 bits per heavy atom. The normalized spacial score (nSPS) is 15.9. The molecule has 3 aromatic rings. The fourth-order valence-corrected chi connectivity index (χ4v) is 3.12. The maximum atomic E-state index is 13.1. The third-order valence-corrected chi connectivity index (χ3v) is 4.42. The molecule has 0 fully saturated rings. The number of aryl methyl sites for hydroxylation is 1. The minimum absolute atomic E-state index is 0.245. The van der Waals surface area contributed by atoms with Crippen molar-refractivity contribution in [1.82, 2.24) is 14.8 Å². The fraction of sp³-hybridized carbons (Fsp3) is 0.211. The molecule has 0 radical (unpaired) electrons. The Kier molecular flexibility index (Phi) is 4.15. The smallest absolute Gasteiger partial charge is 0.256 e. The third kappa shape index (κ3) is 3.05. The average molecular weight is 365 g/mol. The number of furan rings is 1. The van der Waals surface area contributed by atoms with Crippen LogP contribution in [-0.4, -0.2) is 27.8 Å². The van der Waals surface area contributed by atoms with Crippen molar-refractivity contribution in [3.8, 4) is 5.75 Å².